The molecule has 0 aromatic carbocycles. The lowest BCUT2D eigenvalue weighted by Gasteiger charge is -2.23. The smallest absolute Gasteiger partial charge is 0.422 e. The highest BCUT2D eigenvalue weighted by Gasteiger charge is 2.50. The first-order chi connectivity index (χ1) is 8.79. The minimum absolute atomic E-state index is 0.0551. The summed E-state index contributed by atoms with van der Waals surface area (Å²) < 4.78 is 40.1. The lowest BCUT2D eigenvalue weighted by Crippen LogP contribution is -2.44. The van der Waals surface area contributed by atoms with Gasteiger partial charge in [0.15, 0.2) is 6.61 Å². The number of likely N-dealkylation sites (tertiary alicyclic amines) is 1. The fourth-order valence-corrected chi connectivity index (χ4v) is 3.04. The van der Waals surface area contributed by atoms with Gasteiger partial charge in [-0.15, -0.1) is 0 Å². The topological polar surface area (TPSA) is 66.8 Å². The number of nitrogens with zero attached hydrogens (tertiary/aromatic N) is 1. The average molecular weight is 281 g/mol. The van der Waals surface area contributed by atoms with Crippen LogP contribution in [0.25, 0.3) is 0 Å². The average Bonchev–Trinajstić information content (AvgIpc) is 2.82. The SMILES string of the molecule is O=C(O)C1C2CCCC2CN1C(=O)OCC(F)(F)F. The molecule has 1 aliphatic carbocycles. The first-order valence-corrected chi connectivity index (χ1v) is 6.02. The van der Waals surface area contributed by atoms with Crippen LogP contribution in [-0.4, -0.2) is 47.4 Å². The molecule has 1 saturated heterocycles. The van der Waals surface area contributed by atoms with Crippen LogP contribution in [0.2, 0.25) is 0 Å². The first kappa shape index (κ1) is 14.0. The minimum Gasteiger partial charge on any atom is -0.480 e. The second-order valence-corrected chi connectivity index (χ2v) is 4.96. The highest BCUT2D eigenvalue weighted by Crippen LogP contribution is 2.42. The van der Waals surface area contributed by atoms with Crippen LogP contribution >= 0.6 is 0 Å². The normalized spacial score (nSPS) is 30.3. The number of amides is 1. The number of halogens is 3. The Balaban J connectivity index is 2.02. The zero-order chi connectivity index (χ0) is 14.2. The largest absolute Gasteiger partial charge is 0.480 e. The first-order valence-electron chi connectivity index (χ1n) is 6.02. The third-order valence-electron chi connectivity index (χ3n) is 3.74. The van der Waals surface area contributed by atoms with Gasteiger partial charge in [0.1, 0.15) is 6.04 Å². The van der Waals surface area contributed by atoms with E-state index >= 15 is 0 Å². The van der Waals surface area contributed by atoms with E-state index in [4.69, 9.17) is 5.11 Å². The highest BCUT2D eigenvalue weighted by atomic mass is 19.4. The summed E-state index contributed by atoms with van der Waals surface area (Å²) in [4.78, 5) is 23.7. The molecule has 0 aromatic rings. The zero-order valence-corrected chi connectivity index (χ0v) is 10.0. The van der Waals surface area contributed by atoms with E-state index in [1.54, 1.807) is 0 Å². The fourth-order valence-electron chi connectivity index (χ4n) is 3.04. The van der Waals surface area contributed by atoms with E-state index in [0.29, 0.717) is 6.42 Å². The second-order valence-electron chi connectivity index (χ2n) is 4.96. The van der Waals surface area contributed by atoms with Crippen LogP contribution < -0.4 is 0 Å². The minimum atomic E-state index is -4.61. The Morgan fingerprint density at radius 1 is 1.32 bits per heavy atom. The van der Waals surface area contributed by atoms with Gasteiger partial charge in [0, 0.05) is 6.54 Å². The molecule has 2 rings (SSSR count). The molecular weight excluding hydrogens is 267 g/mol. The number of ether oxygens (including phenoxy) is 1. The number of carboxylic acids is 1. The number of hydrogen-bond donors (Lipinski definition) is 1. The van der Waals surface area contributed by atoms with E-state index in [2.05, 4.69) is 4.74 Å². The van der Waals surface area contributed by atoms with E-state index in [9.17, 15) is 22.8 Å². The van der Waals surface area contributed by atoms with Crippen molar-refractivity contribution in [3.63, 3.8) is 0 Å². The molecule has 1 aliphatic heterocycles. The Kier molecular flexibility index (Phi) is 3.60. The standard InChI is InChI=1S/C11H14F3NO4/c12-11(13,14)5-19-10(18)15-4-6-2-1-3-7(6)8(15)9(16)17/h6-8H,1-5H2,(H,16,17). The van der Waals surface area contributed by atoms with Crippen molar-refractivity contribution in [2.24, 2.45) is 11.8 Å². The van der Waals surface area contributed by atoms with Crippen molar-refractivity contribution in [1.29, 1.82) is 0 Å². The van der Waals surface area contributed by atoms with Crippen LogP contribution in [0.4, 0.5) is 18.0 Å². The third kappa shape index (κ3) is 2.93. The number of carboxylic acid groups (broad SMARTS) is 1. The van der Waals surface area contributed by atoms with Gasteiger partial charge < -0.3 is 9.84 Å². The van der Waals surface area contributed by atoms with Gasteiger partial charge in [0.25, 0.3) is 0 Å². The van der Waals surface area contributed by atoms with Crippen LogP contribution in [0.15, 0.2) is 0 Å². The number of hydrogen-bond acceptors (Lipinski definition) is 3. The van der Waals surface area contributed by atoms with Crippen LogP contribution in [0.1, 0.15) is 19.3 Å². The molecule has 1 amide bonds. The zero-order valence-electron chi connectivity index (χ0n) is 10.0. The number of alkyl halides is 3. The van der Waals surface area contributed by atoms with Crippen molar-refractivity contribution in [2.45, 2.75) is 31.5 Å². The van der Waals surface area contributed by atoms with Gasteiger partial charge >= 0.3 is 18.2 Å². The van der Waals surface area contributed by atoms with Crippen molar-refractivity contribution >= 4 is 12.1 Å². The van der Waals surface area contributed by atoms with Crippen LogP contribution in [0.5, 0.6) is 0 Å². The molecule has 5 nitrogen and oxygen atoms in total. The molecule has 0 spiro atoms. The summed E-state index contributed by atoms with van der Waals surface area (Å²) in [5.74, 6) is -1.30. The lowest BCUT2D eigenvalue weighted by molar-refractivity contribution is -0.163. The predicted molar refractivity (Wildman–Crippen MR) is 56.4 cm³/mol. The summed E-state index contributed by atoms with van der Waals surface area (Å²) in [6, 6.07) is -1.06. The van der Waals surface area contributed by atoms with Crippen LogP contribution in [0, 0.1) is 11.8 Å². The molecule has 8 heteroatoms. The number of fused-ring (bicyclic) bond motifs is 1. The number of carbonyl (C=O) groups excluding carboxylic acids is 1. The van der Waals surface area contributed by atoms with Crippen molar-refractivity contribution in [2.75, 3.05) is 13.2 Å². The number of rotatable bonds is 2. The van der Waals surface area contributed by atoms with Gasteiger partial charge in [-0.1, -0.05) is 6.42 Å². The number of carbonyl (C=O) groups is 2. The van der Waals surface area contributed by atoms with Crippen molar-refractivity contribution in [1.82, 2.24) is 4.90 Å². The summed E-state index contributed by atoms with van der Waals surface area (Å²) in [6.45, 7) is -1.53. The maximum Gasteiger partial charge on any atom is 0.422 e. The van der Waals surface area contributed by atoms with E-state index in [1.165, 1.54) is 0 Å². The molecule has 1 N–H and O–H groups in total. The molecule has 2 aliphatic rings. The van der Waals surface area contributed by atoms with Crippen molar-refractivity contribution in [3.05, 3.63) is 0 Å². The molecule has 0 radical (unpaired) electrons. The van der Waals surface area contributed by atoms with E-state index in [-0.39, 0.29) is 18.4 Å². The second kappa shape index (κ2) is 4.90. The van der Waals surface area contributed by atoms with Gasteiger partial charge in [-0.2, -0.15) is 13.2 Å². The Morgan fingerprint density at radius 2 is 2.00 bits per heavy atom. The summed E-state index contributed by atoms with van der Waals surface area (Å²) in [7, 11) is 0. The van der Waals surface area contributed by atoms with E-state index in [0.717, 1.165) is 17.7 Å². The van der Waals surface area contributed by atoms with Gasteiger partial charge in [-0.05, 0) is 24.7 Å². The van der Waals surface area contributed by atoms with Crippen molar-refractivity contribution in [3.8, 4) is 0 Å². The van der Waals surface area contributed by atoms with E-state index in [1.807, 2.05) is 0 Å². The molecule has 19 heavy (non-hydrogen) atoms. The third-order valence-corrected chi connectivity index (χ3v) is 3.74. The summed E-state index contributed by atoms with van der Waals surface area (Å²) in [5, 5.41) is 9.14. The highest BCUT2D eigenvalue weighted by molar-refractivity contribution is 5.81. The Hall–Kier alpha value is -1.47. The van der Waals surface area contributed by atoms with Crippen molar-refractivity contribution < 1.29 is 32.6 Å². The molecular formula is C11H14F3NO4. The lowest BCUT2D eigenvalue weighted by atomic mass is 9.94. The van der Waals surface area contributed by atoms with Gasteiger partial charge in [0.05, 0.1) is 0 Å². The van der Waals surface area contributed by atoms with Gasteiger partial charge in [-0.25, -0.2) is 9.59 Å². The summed E-state index contributed by atoms with van der Waals surface area (Å²) in [6.07, 6.45) is -3.42. The number of aliphatic carboxylic acids is 1. The molecule has 0 bridgehead atoms. The van der Waals surface area contributed by atoms with Crippen LogP contribution in [-0.2, 0) is 9.53 Å². The quantitative estimate of drug-likeness (QED) is 0.839. The predicted octanol–water partition coefficient (Wildman–Crippen LogP) is 1.87. The Morgan fingerprint density at radius 3 is 2.58 bits per heavy atom. The molecule has 1 saturated carbocycles. The van der Waals surface area contributed by atoms with Gasteiger partial charge in [-0.3, -0.25) is 4.90 Å². The summed E-state index contributed by atoms with van der Waals surface area (Å²) >= 11 is 0. The Bertz CT molecular complexity index is 385. The molecule has 0 aromatic heterocycles. The monoisotopic (exact) mass is 281 g/mol. The summed E-state index contributed by atoms with van der Waals surface area (Å²) in [5.41, 5.74) is 0. The molecule has 3 atom stereocenters. The molecule has 2 fully saturated rings. The molecule has 1 heterocycles. The fraction of sp³-hybridized carbons (Fsp3) is 0.818. The molecule has 108 valence electrons. The molecule has 3 unspecified atom stereocenters. The Labute approximate surface area is 107 Å². The maximum atomic E-state index is 12.0. The van der Waals surface area contributed by atoms with Crippen LogP contribution in [0.3, 0.4) is 0 Å². The van der Waals surface area contributed by atoms with Gasteiger partial charge in [0.2, 0.25) is 0 Å². The van der Waals surface area contributed by atoms with E-state index < -0.39 is 30.9 Å². The maximum absolute atomic E-state index is 12.0.